The van der Waals surface area contributed by atoms with Crippen LogP contribution in [0.25, 0.3) is 0 Å². The molecule has 2 atom stereocenters. The van der Waals surface area contributed by atoms with E-state index in [-0.39, 0.29) is 17.1 Å². The van der Waals surface area contributed by atoms with E-state index in [2.05, 4.69) is 12.1 Å². The van der Waals surface area contributed by atoms with Crippen molar-refractivity contribution in [2.24, 2.45) is 11.8 Å². The molecule has 1 aliphatic carbocycles. The summed E-state index contributed by atoms with van der Waals surface area (Å²) in [5.41, 5.74) is 5.73. The van der Waals surface area contributed by atoms with Gasteiger partial charge >= 0.3 is 11.4 Å². The molecule has 0 heterocycles. The van der Waals surface area contributed by atoms with E-state index in [4.69, 9.17) is 41.7 Å². The van der Waals surface area contributed by atoms with Crippen molar-refractivity contribution in [3.8, 4) is 0 Å². The number of ketones is 1. The molecule has 2 nitrogen and oxygen atoms in total. The van der Waals surface area contributed by atoms with Gasteiger partial charge in [-0.15, -0.1) is 0 Å². The van der Waals surface area contributed by atoms with Crippen molar-refractivity contribution >= 4 is 64.2 Å². The minimum Gasteiger partial charge on any atom is -0.294 e. The predicted octanol–water partition coefficient (Wildman–Crippen LogP) is 7.00. The maximum absolute atomic E-state index is 11.5. The summed E-state index contributed by atoms with van der Waals surface area (Å²) in [4.78, 5) is 22.3. The number of aryl methyl sites for hydroxylation is 2. The van der Waals surface area contributed by atoms with Crippen LogP contribution in [0.4, 0.5) is 0 Å². The third-order valence-corrected chi connectivity index (χ3v) is 4.93. The molecule has 2 aromatic rings. The second-order valence-corrected chi connectivity index (χ2v) is 14.1. The first kappa shape index (κ1) is 26.5. The molecule has 0 saturated heterocycles. The first-order valence-electron chi connectivity index (χ1n) is 9.32. The fourth-order valence-corrected chi connectivity index (χ4v) is 3.02. The number of hydrogen-bond donors (Lipinski definition) is 0. The molecule has 0 saturated carbocycles. The summed E-state index contributed by atoms with van der Waals surface area (Å²) < 4.78 is 0. The number of halogens is 4. The van der Waals surface area contributed by atoms with Crippen molar-refractivity contribution in [1.82, 2.24) is 0 Å². The van der Waals surface area contributed by atoms with Gasteiger partial charge in [-0.2, -0.15) is 0 Å². The first-order valence-corrected chi connectivity index (χ1v) is 14.9. The third-order valence-electron chi connectivity index (χ3n) is 4.55. The molecule has 0 aliphatic heterocycles. The average molecular weight is 490 g/mol. The van der Waals surface area contributed by atoms with Crippen LogP contribution >= 0.6 is 41.7 Å². The summed E-state index contributed by atoms with van der Waals surface area (Å²) in [5, 5.41) is -0.263. The largest absolute Gasteiger partial charge is 0.643 e. The molecule has 1 aliphatic rings. The molecule has 0 amide bonds. The molecule has 0 N–H and O–H groups in total. The summed E-state index contributed by atoms with van der Waals surface area (Å²) >= 11 is 3.65. The Hall–Kier alpha value is -0.528. The fraction of sp³-hybridized carbons (Fsp3) is 0.364. The summed E-state index contributed by atoms with van der Waals surface area (Å²) in [6.45, 7) is 7.91. The van der Waals surface area contributed by atoms with E-state index in [1.165, 1.54) is 16.7 Å². The molecular formula is C22H25AlCl4O2. The Morgan fingerprint density at radius 3 is 2.10 bits per heavy atom. The van der Waals surface area contributed by atoms with Crippen molar-refractivity contribution in [3.05, 3.63) is 70.3 Å². The fourth-order valence-electron chi connectivity index (χ4n) is 2.94. The van der Waals surface area contributed by atoms with Crippen LogP contribution in [0.3, 0.4) is 0 Å². The van der Waals surface area contributed by atoms with Crippen LogP contribution in [0.2, 0.25) is 0 Å². The number of carbonyl (C=O) groups is 2. The minimum atomic E-state index is -1.72. The molecular weight excluding hydrogens is 465 g/mol. The zero-order valence-corrected chi connectivity index (χ0v) is 21.2. The predicted molar refractivity (Wildman–Crippen MR) is 127 cm³/mol. The summed E-state index contributed by atoms with van der Waals surface area (Å²) in [6.07, 6.45) is 1.65. The normalized spacial score (nSPS) is 15.3. The highest BCUT2D eigenvalue weighted by molar-refractivity contribution is 7.54. The topological polar surface area (TPSA) is 34.1 Å². The van der Waals surface area contributed by atoms with Gasteiger partial charge in [0.15, 0.2) is 5.78 Å². The van der Waals surface area contributed by atoms with Gasteiger partial charge in [0.05, 0.1) is 0 Å². The van der Waals surface area contributed by atoms with E-state index < -0.39 is 11.4 Å². The molecule has 29 heavy (non-hydrogen) atoms. The monoisotopic (exact) mass is 488 g/mol. The van der Waals surface area contributed by atoms with Gasteiger partial charge in [0.1, 0.15) is 0 Å². The lowest BCUT2D eigenvalue weighted by Gasteiger charge is -2.05. The molecule has 7 heteroatoms. The molecule has 0 radical (unpaired) electrons. The van der Waals surface area contributed by atoms with Gasteiger partial charge in [-0.25, -0.2) is 30.1 Å². The summed E-state index contributed by atoms with van der Waals surface area (Å²) in [7, 11) is 14.8. The zero-order chi connectivity index (χ0) is 22.1. The Balaban J connectivity index is 0.000000246. The van der Waals surface area contributed by atoms with Crippen LogP contribution in [-0.2, 0) is 17.6 Å². The van der Waals surface area contributed by atoms with E-state index >= 15 is 0 Å². The van der Waals surface area contributed by atoms with E-state index in [9.17, 15) is 9.59 Å². The van der Waals surface area contributed by atoms with Gasteiger partial charge in [-0.05, 0) is 55.5 Å². The highest BCUT2D eigenvalue weighted by atomic mass is 35.8. The van der Waals surface area contributed by atoms with Crippen molar-refractivity contribution in [2.75, 3.05) is 0 Å². The molecule has 3 rings (SSSR count). The Morgan fingerprint density at radius 1 is 1.07 bits per heavy atom. The first-order chi connectivity index (χ1) is 13.5. The number of hydrogen-bond acceptors (Lipinski definition) is 2. The lowest BCUT2D eigenvalue weighted by Crippen LogP contribution is -2.07. The quantitative estimate of drug-likeness (QED) is 0.343. The van der Waals surface area contributed by atoms with Crippen molar-refractivity contribution in [3.63, 3.8) is 0 Å². The number of benzene rings is 2. The third kappa shape index (κ3) is 9.88. The van der Waals surface area contributed by atoms with Gasteiger partial charge in [-0.1, -0.05) is 61.4 Å². The van der Waals surface area contributed by atoms with Crippen molar-refractivity contribution < 1.29 is 9.59 Å². The van der Waals surface area contributed by atoms with Gasteiger partial charge < -0.3 is 0 Å². The maximum atomic E-state index is 11.5. The van der Waals surface area contributed by atoms with Crippen LogP contribution in [0.5, 0.6) is 0 Å². The lowest BCUT2D eigenvalue weighted by atomic mass is 10.0. The smallest absolute Gasteiger partial charge is 0.294 e. The Bertz CT molecular complexity index is 819. The second-order valence-electron chi connectivity index (χ2n) is 7.27. The van der Waals surface area contributed by atoms with Gasteiger partial charge in [-0.3, -0.25) is 9.59 Å². The second kappa shape index (κ2) is 13.0. The van der Waals surface area contributed by atoms with E-state index in [0.29, 0.717) is 5.78 Å². The number of fused-ring (bicyclic) bond motifs is 1. The van der Waals surface area contributed by atoms with Gasteiger partial charge in [0, 0.05) is 17.4 Å². The van der Waals surface area contributed by atoms with Crippen LogP contribution in [0.1, 0.15) is 46.5 Å². The number of carbonyl (C=O) groups excluding carboxylic acids is 2. The average Bonchev–Trinajstić information content (AvgIpc) is 2.91. The van der Waals surface area contributed by atoms with Gasteiger partial charge in [0.2, 0.25) is 5.24 Å². The summed E-state index contributed by atoms with van der Waals surface area (Å²) in [6, 6.07) is 14.3. The lowest BCUT2D eigenvalue weighted by molar-refractivity contribution is -0.114. The Kier molecular flexibility index (Phi) is 11.9. The van der Waals surface area contributed by atoms with E-state index in [1.54, 1.807) is 0 Å². The number of Topliss-reactive ketones (excluding diaryl/α,β-unsaturated/α-hetero) is 1. The van der Waals surface area contributed by atoms with Crippen LogP contribution in [0.15, 0.2) is 42.5 Å². The van der Waals surface area contributed by atoms with E-state index in [0.717, 1.165) is 24.0 Å². The standard InChI is InChI=1S/C11H13ClO.C11H12O.Al.3ClH/c1-8-3-5-10(6-4-8)7-9(2)11(12)13;1-7-3-4-9-6-8(2)11(12)10(9)5-7;;;;/h3-6,9H,7H2,1-2H3;3-5,8H,6H2,1-2H3;;3*1H/q;;+3;;;/p-3. The minimum absolute atomic E-state index is 0.0932. The SMILES string of the molecule is Cc1ccc(CC(C)C(=O)Cl)cc1.Cc1ccc2c(c1)C(=O)C(C)C2.[Cl][Al]([Cl])[Cl]. The Labute approximate surface area is 195 Å². The molecule has 0 spiro atoms. The molecule has 2 aromatic carbocycles. The van der Waals surface area contributed by atoms with Crippen LogP contribution in [0, 0.1) is 25.7 Å². The molecule has 156 valence electrons. The van der Waals surface area contributed by atoms with E-state index in [1.807, 2.05) is 58.0 Å². The Morgan fingerprint density at radius 2 is 1.59 bits per heavy atom. The summed E-state index contributed by atoms with van der Waals surface area (Å²) in [5.74, 6) is 0.417. The maximum Gasteiger partial charge on any atom is 0.643 e. The highest BCUT2D eigenvalue weighted by Gasteiger charge is 2.26. The molecule has 2 unspecified atom stereocenters. The van der Waals surface area contributed by atoms with Crippen molar-refractivity contribution in [1.29, 1.82) is 0 Å². The van der Waals surface area contributed by atoms with Crippen LogP contribution in [-0.4, -0.2) is 22.4 Å². The van der Waals surface area contributed by atoms with Crippen LogP contribution < -0.4 is 0 Å². The van der Waals surface area contributed by atoms with Crippen molar-refractivity contribution in [2.45, 2.75) is 40.5 Å². The molecule has 0 bridgehead atoms. The highest BCUT2D eigenvalue weighted by Crippen LogP contribution is 2.26. The molecule has 0 fully saturated rings. The number of rotatable bonds is 3. The van der Waals surface area contributed by atoms with Gasteiger partial charge in [0.25, 0.3) is 0 Å². The zero-order valence-electron chi connectivity index (χ0n) is 17.0. The molecule has 0 aromatic heterocycles.